The van der Waals surface area contributed by atoms with Crippen molar-refractivity contribution in [1.82, 2.24) is 9.55 Å². The molecule has 1 aromatic heterocycles. The van der Waals surface area contributed by atoms with Crippen molar-refractivity contribution in [3.05, 3.63) is 39.4 Å². The van der Waals surface area contributed by atoms with Gasteiger partial charge >= 0.3 is 0 Å². The molecule has 1 saturated heterocycles. The number of rotatable bonds is 1. The summed E-state index contributed by atoms with van der Waals surface area (Å²) >= 11 is 5.37. The Bertz CT molecular complexity index is 726. The molecular weight excluding hydrogens is 260 g/mol. The van der Waals surface area contributed by atoms with Gasteiger partial charge in [-0.1, -0.05) is 12.1 Å². The molecule has 0 spiro atoms. The standard InChI is InChI=1S/C14H16N2O2S/c1-14(7-4-8-18-9-14)16-12(17)10-5-2-3-6-11(10)15-13(16)19/h2-3,5-6H,4,7-9H2,1H3,(H,15,19). The minimum absolute atomic E-state index is 0.0349. The number of nitrogens with one attached hydrogen (secondary N) is 1. The minimum Gasteiger partial charge on any atom is -0.379 e. The van der Waals surface area contributed by atoms with Crippen molar-refractivity contribution in [2.75, 3.05) is 13.2 Å². The number of nitrogens with zero attached hydrogens (tertiary/aromatic N) is 1. The molecule has 4 nitrogen and oxygen atoms in total. The maximum Gasteiger partial charge on any atom is 0.262 e. The molecule has 1 atom stereocenters. The Morgan fingerprint density at radius 1 is 1.42 bits per heavy atom. The molecule has 2 heterocycles. The molecule has 0 radical (unpaired) electrons. The first-order chi connectivity index (χ1) is 9.12. The summed E-state index contributed by atoms with van der Waals surface area (Å²) in [6, 6.07) is 7.45. The van der Waals surface area contributed by atoms with Gasteiger partial charge in [-0.3, -0.25) is 9.36 Å². The van der Waals surface area contributed by atoms with Crippen molar-refractivity contribution in [1.29, 1.82) is 0 Å². The van der Waals surface area contributed by atoms with Gasteiger partial charge in [0.1, 0.15) is 0 Å². The number of aromatic amines is 1. The first kappa shape index (κ1) is 12.6. The highest BCUT2D eigenvalue weighted by Gasteiger charge is 2.31. The highest BCUT2D eigenvalue weighted by molar-refractivity contribution is 7.71. The van der Waals surface area contributed by atoms with Crippen molar-refractivity contribution in [2.24, 2.45) is 0 Å². The molecule has 19 heavy (non-hydrogen) atoms. The largest absolute Gasteiger partial charge is 0.379 e. The predicted molar refractivity (Wildman–Crippen MR) is 77.1 cm³/mol. The third-order valence-electron chi connectivity index (χ3n) is 3.76. The van der Waals surface area contributed by atoms with E-state index >= 15 is 0 Å². The Morgan fingerprint density at radius 2 is 2.21 bits per heavy atom. The summed E-state index contributed by atoms with van der Waals surface area (Å²) in [7, 11) is 0. The van der Waals surface area contributed by atoms with Crippen LogP contribution in [0.5, 0.6) is 0 Å². The van der Waals surface area contributed by atoms with Crippen molar-refractivity contribution >= 4 is 23.1 Å². The van der Waals surface area contributed by atoms with Crippen LogP contribution in [-0.4, -0.2) is 22.8 Å². The first-order valence-electron chi connectivity index (χ1n) is 6.44. The molecule has 0 bridgehead atoms. The lowest BCUT2D eigenvalue weighted by atomic mass is 9.94. The zero-order chi connectivity index (χ0) is 13.5. The number of ether oxygens (including phenoxy) is 1. The van der Waals surface area contributed by atoms with Crippen LogP contribution >= 0.6 is 12.2 Å². The summed E-state index contributed by atoms with van der Waals surface area (Å²) < 4.78 is 7.70. The van der Waals surface area contributed by atoms with Crippen molar-refractivity contribution in [3.63, 3.8) is 0 Å². The third-order valence-corrected chi connectivity index (χ3v) is 4.05. The van der Waals surface area contributed by atoms with Crippen LogP contribution in [0.2, 0.25) is 0 Å². The van der Waals surface area contributed by atoms with Crippen LogP contribution in [-0.2, 0) is 10.3 Å². The average molecular weight is 276 g/mol. The summed E-state index contributed by atoms with van der Waals surface area (Å²) in [5.41, 5.74) is 0.397. The van der Waals surface area contributed by atoms with Gasteiger partial charge in [-0.05, 0) is 44.1 Å². The highest BCUT2D eigenvalue weighted by Crippen LogP contribution is 2.26. The zero-order valence-corrected chi connectivity index (χ0v) is 11.6. The molecule has 0 amide bonds. The normalized spacial score (nSPS) is 23.6. The fourth-order valence-electron chi connectivity index (χ4n) is 2.75. The van der Waals surface area contributed by atoms with Crippen molar-refractivity contribution < 1.29 is 4.74 Å². The predicted octanol–water partition coefficient (Wildman–Crippen LogP) is 2.58. The molecular formula is C14H16N2O2S. The van der Waals surface area contributed by atoms with E-state index in [1.54, 1.807) is 4.57 Å². The topological polar surface area (TPSA) is 47.0 Å². The molecule has 0 saturated carbocycles. The molecule has 100 valence electrons. The number of fused-ring (bicyclic) bond motifs is 1. The quantitative estimate of drug-likeness (QED) is 0.814. The minimum atomic E-state index is -0.354. The number of para-hydroxylation sites is 1. The second-order valence-electron chi connectivity index (χ2n) is 5.27. The summed E-state index contributed by atoms with van der Waals surface area (Å²) in [4.78, 5) is 15.8. The Kier molecular flexibility index (Phi) is 3.03. The lowest BCUT2D eigenvalue weighted by Gasteiger charge is -2.35. The molecule has 2 aromatic rings. The van der Waals surface area contributed by atoms with E-state index in [0.717, 1.165) is 25.0 Å². The molecule has 1 aliphatic rings. The lowest BCUT2D eigenvalue weighted by molar-refractivity contribution is 0.00692. The first-order valence-corrected chi connectivity index (χ1v) is 6.85. The SMILES string of the molecule is CC1(n2c(=S)[nH]c3ccccc3c2=O)CCCOC1. The summed E-state index contributed by atoms with van der Waals surface area (Å²) in [6.07, 6.45) is 1.85. The van der Waals surface area contributed by atoms with E-state index in [2.05, 4.69) is 4.98 Å². The van der Waals surface area contributed by atoms with Gasteiger partial charge in [0.2, 0.25) is 0 Å². The van der Waals surface area contributed by atoms with Gasteiger partial charge in [0.25, 0.3) is 5.56 Å². The molecule has 3 rings (SSSR count). The van der Waals surface area contributed by atoms with Crippen LogP contribution < -0.4 is 5.56 Å². The van der Waals surface area contributed by atoms with E-state index in [1.165, 1.54) is 0 Å². The number of H-pyrrole nitrogens is 1. The summed E-state index contributed by atoms with van der Waals surface area (Å²) in [6.45, 7) is 3.32. The monoisotopic (exact) mass is 276 g/mol. The van der Waals surface area contributed by atoms with E-state index < -0.39 is 0 Å². The Labute approximate surface area is 116 Å². The zero-order valence-electron chi connectivity index (χ0n) is 10.8. The van der Waals surface area contributed by atoms with Crippen molar-refractivity contribution in [2.45, 2.75) is 25.3 Å². The molecule has 1 unspecified atom stereocenters. The van der Waals surface area contributed by atoms with Crippen LogP contribution in [0, 0.1) is 4.77 Å². The number of aromatic nitrogens is 2. The van der Waals surface area contributed by atoms with Gasteiger partial charge in [-0.25, -0.2) is 0 Å². The maximum absolute atomic E-state index is 12.7. The van der Waals surface area contributed by atoms with Gasteiger partial charge in [-0.15, -0.1) is 0 Å². The van der Waals surface area contributed by atoms with Crippen LogP contribution in [0.1, 0.15) is 19.8 Å². The van der Waals surface area contributed by atoms with Gasteiger partial charge < -0.3 is 9.72 Å². The highest BCUT2D eigenvalue weighted by atomic mass is 32.1. The average Bonchev–Trinajstić information content (AvgIpc) is 2.39. The Balaban J connectivity index is 2.29. The number of hydrogen-bond donors (Lipinski definition) is 1. The fourth-order valence-corrected chi connectivity index (χ4v) is 3.16. The van der Waals surface area contributed by atoms with Gasteiger partial charge in [-0.2, -0.15) is 0 Å². The van der Waals surface area contributed by atoms with Crippen LogP contribution in [0.3, 0.4) is 0 Å². The van der Waals surface area contributed by atoms with E-state index in [0.29, 0.717) is 16.8 Å². The molecule has 1 fully saturated rings. The van der Waals surface area contributed by atoms with Crippen molar-refractivity contribution in [3.8, 4) is 0 Å². The van der Waals surface area contributed by atoms with Crippen LogP contribution in [0.4, 0.5) is 0 Å². The lowest BCUT2D eigenvalue weighted by Crippen LogP contribution is -2.45. The Morgan fingerprint density at radius 3 is 2.95 bits per heavy atom. The van der Waals surface area contributed by atoms with E-state index in [9.17, 15) is 4.79 Å². The third kappa shape index (κ3) is 2.03. The van der Waals surface area contributed by atoms with Gasteiger partial charge in [0, 0.05) is 6.61 Å². The molecule has 0 aliphatic carbocycles. The van der Waals surface area contributed by atoms with E-state index in [1.807, 2.05) is 31.2 Å². The molecule has 1 aromatic carbocycles. The summed E-state index contributed by atoms with van der Waals surface area (Å²) in [5, 5.41) is 0.669. The molecule has 1 N–H and O–H groups in total. The maximum atomic E-state index is 12.7. The van der Waals surface area contributed by atoms with E-state index in [4.69, 9.17) is 17.0 Å². The molecule has 5 heteroatoms. The second kappa shape index (κ2) is 4.58. The van der Waals surface area contributed by atoms with Gasteiger partial charge in [0.15, 0.2) is 4.77 Å². The smallest absolute Gasteiger partial charge is 0.262 e. The second-order valence-corrected chi connectivity index (χ2v) is 5.66. The number of benzene rings is 1. The van der Waals surface area contributed by atoms with Gasteiger partial charge in [0.05, 0.1) is 23.0 Å². The molecule has 1 aliphatic heterocycles. The van der Waals surface area contributed by atoms with E-state index in [-0.39, 0.29) is 11.1 Å². The number of hydrogen-bond acceptors (Lipinski definition) is 3. The van der Waals surface area contributed by atoms with Crippen LogP contribution in [0.25, 0.3) is 10.9 Å². The van der Waals surface area contributed by atoms with Crippen LogP contribution in [0.15, 0.2) is 29.1 Å². The summed E-state index contributed by atoms with van der Waals surface area (Å²) in [5.74, 6) is 0. The fraction of sp³-hybridized carbons (Fsp3) is 0.429. The Hall–Kier alpha value is -1.46.